The Morgan fingerprint density at radius 1 is 1.33 bits per heavy atom. The highest BCUT2D eigenvalue weighted by Crippen LogP contribution is 2.24. The summed E-state index contributed by atoms with van der Waals surface area (Å²) in [6.45, 7) is 7.20. The summed E-state index contributed by atoms with van der Waals surface area (Å²) in [5, 5.41) is 4.35. The summed E-state index contributed by atoms with van der Waals surface area (Å²) < 4.78 is 1.74. The lowest BCUT2D eigenvalue weighted by atomic mass is 10.2. The third-order valence-corrected chi connectivity index (χ3v) is 3.34. The van der Waals surface area contributed by atoms with Crippen LogP contribution in [0.3, 0.4) is 0 Å². The van der Waals surface area contributed by atoms with Crippen LogP contribution in [0.4, 0.5) is 11.4 Å². The van der Waals surface area contributed by atoms with Crippen LogP contribution in [0.25, 0.3) is 0 Å². The van der Waals surface area contributed by atoms with Gasteiger partial charge in [0.1, 0.15) is 5.69 Å². The van der Waals surface area contributed by atoms with Crippen molar-refractivity contribution in [3.63, 3.8) is 0 Å². The number of nitrogens with two attached hydrogens (primary N) is 1. The van der Waals surface area contributed by atoms with Crippen LogP contribution < -0.4 is 10.6 Å². The smallest absolute Gasteiger partial charge is 0.276 e. The number of hydrogen-bond donors (Lipinski definition) is 1. The topological polar surface area (TPSA) is 64.2 Å². The second-order valence-corrected chi connectivity index (χ2v) is 5.00. The van der Waals surface area contributed by atoms with Crippen molar-refractivity contribution in [3.8, 4) is 0 Å². The van der Waals surface area contributed by atoms with E-state index in [4.69, 9.17) is 5.73 Å². The Morgan fingerprint density at radius 2 is 2.05 bits per heavy atom. The zero-order valence-electron chi connectivity index (χ0n) is 12.8. The lowest BCUT2D eigenvalue weighted by molar-refractivity contribution is 0.0976. The van der Waals surface area contributed by atoms with E-state index in [2.05, 4.69) is 5.10 Å². The molecule has 2 rings (SSSR count). The molecule has 0 aliphatic heterocycles. The van der Waals surface area contributed by atoms with Crippen molar-refractivity contribution in [2.45, 2.75) is 33.7 Å². The van der Waals surface area contributed by atoms with Crippen LogP contribution >= 0.6 is 0 Å². The van der Waals surface area contributed by atoms with Crippen LogP contribution in [0.1, 0.15) is 36.5 Å². The minimum atomic E-state index is -0.0581. The molecular formula is C16H22N4O. The molecule has 0 bridgehead atoms. The molecule has 0 radical (unpaired) electrons. The standard InChI is InChI=1S/C16H22N4O/c1-4-10-19(14-9-7-6-8-13(14)17)16(21)15-11-12(3)18-20(15)5-2/h6-9,11H,4-5,10,17H2,1-3H3. The van der Waals surface area contributed by atoms with Gasteiger partial charge in [-0.05, 0) is 38.5 Å². The molecule has 0 saturated carbocycles. The minimum absolute atomic E-state index is 0.0581. The summed E-state index contributed by atoms with van der Waals surface area (Å²) in [6, 6.07) is 9.28. The lowest BCUT2D eigenvalue weighted by Crippen LogP contribution is -2.33. The molecule has 0 saturated heterocycles. The predicted octanol–water partition coefficient (Wildman–Crippen LogP) is 2.85. The Balaban J connectivity index is 2.43. The first-order chi connectivity index (χ1) is 10.1. The van der Waals surface area contributed by atoms with Gasteiger partial charge < -0.3 is 10.6 Å². The number of nitrogens with zero attached hydrogens (tertiary/aromatic N) is 3. The van der Waals surface area contributed by atoms with Crippen molar-refractivity contribution >= 4 is 17.3 Å². The minimum Gasteiger partial charge on any atom is -0.397 e. The van der Waals surface area contributed by atoms with Crippen molar-refractivity contribution in [1.82, 2.24) is 9.78 Å². The molecule has 112 valence electrons. The maximum Gasteiger partial charge on any atom is 0.276 e. The lowest BCUT2D eigenvalue weighted by Gasteiger charge is -2.23. The van der Waals surface area contributed by atoms with E-state index in [9.17, 15) is 4.79 Å². The fraction of sp³-hybridized carbons (Fsp3) is 0.375. The van der Waals surface area contributed by atoms with E-state index in [0.29, 0.717) is 24.5 Å². The highest BCUT2D eigenvalue weighted by molar-refractivity contribution is 6.06. The molecule has 1 heterocycles. The second kappa shape index (κ2) is 6.43. The second-order valence-electron chi connectivity index (χ2n) is 5.00. The number of benzene rings is 1. The van der Waals surface area contributed by atoms with E-state index in [0.717, 1.165) is 17.8 Å². The monoisotopic (exact) mass is 286 g/mol. The summed E-state index contributed by atoms with van der Waals surface area (Å²) in [7, 11) is 0. The molecule has 0 aliphatic carbocycles. The Bertz CT molecular complexity index is 633. The van der Waals surface area contributed by atoms with Gasteiger partial charge in [-0.15, -0.1) is 0 Å². The first-order valence-corrected chi connectivity index (χ1v) is 7.29. The van der Waals surface area contributed by atoms with Gasteiger partial charge in [0.25, 0.3) is 5.91 Å². The van der Waals surface area contributed by atoms with Gasteiger partial charge in [-0.1, -0.05) is 19.1 Å². The van der Waals surface area contributed by atoms with Crippen molar-refractivity contribution in [1.29, 1.82) is 0 Å². The van der Waals surface area contributed by atoms with E-state index in [1.54, 1.807) is 9.58 Å². The van der Waals surface area contributed by atoms with Gasteiger partial charge in [0.2, 0.25) is 0 Å². The first kappa shape index (κ1) is 15.1. The number of nitrogen functional groups attached to an aromatic ring is 1. The van der Waals surface area contributed by atoms with Gasteiger partial charge in [0, 0.05) is 13.1 Å². The van der Waals surface area contributed by atoms with Gasteiger partial charge in [0.05, 0.1) is 17.1 Å². The van der Waals surface area contributed by atoms with Crippen molar-refractivity contribution < 1.29 is 4.79 Å². The molecule has 2 N–H and O–H groups in total. The highest BCUT2D eigenvalue weighted by Gasteiger charge is 2.22. The van der Waals surface area contributed by atoms with Crippen LogP contribution in [0, 0.1) is 6.92 Å². The third-order valence-electron chi connectivity index (χ3n) is 3.34. The highest BCUT2D eigenvalue weighted by atomic mass is 16.2. The molecule has 0 fully saturated rings. The molecule has 1 amide bonds. The van der Waals surface area contributed by atoms with Gasteiger partial charge in [-0.2, -0.15) is 5.10 Å². The Hall–Kier alpha value is -2.30. The molecule has 0 atom stereocenters. The third kappa shape index (κ3) is 3.07. The van der Waals surface area contributed by atoms with E-state index in [1.165, 1.54) is 0 Å². The number of carbonyl (C=O) groups excluding carboxylic acids is 1. The number of carbonyl (C=O) groups is 1. The number of rotatable bonds is 5. The van der Waals surface area contributed by atoms with Crippen LogP contribution in [0.2, 0.25) is 0 Å². The Morgan fingerprint density at radius 3 is 2.67 bits per heavy atom. The molecule has 5 heteroatoms. The normalized spacial score (nSPS) is 10.6. The number of anilines is 2. The molecule has 0 unspecified atom stereocenters. The molecule has 21 heavy (non-hydrogen) atoms. The summed E-state index contributed by atoms with van der Waals surface area (Å²) in [6.07, 6.45) is 0.860. The number of para-hydroxylation sites is 2. The fourth-order valence-electron chi connectivity index (χ4n) is 2.39. The molecule has 0 spiro atoms. The Kier molecular flexibility index (Phi) is 4.62. The largest absolute Gasteiger partial charge is 0.397 e. The fourth-order valence-corrected chi connectivity index (χ4v) is 2.39. The summed E-state index contributed by atoms with van der Waals surface area (Å²) in [4.78, 5) is 14.6. The molecule has 0 aliphatic rings. The molecule has 2 aromatic rings. The van der Waals surface area contributed by atoms with Crippen LogP contribution in [0.15, 0.2) is 30.3 Å². The number of amides is 1. The molecule has 5 nitrogen and oxygen atoms in total. The maximum absolute atomic E-state index is 12.9. The van der Waals surface area contributed by atoms with Crippen molar-refractivity contribution in [2.24, 2.45) is 0 Å². The van der Waals surface area contributed by atoms with Crippen molar-refractivity contribution in [2.75, 3.05) is 17.2 Å². The van der Waals surface area contributed by atoms with Gasteiger partial charge in [-0.25, -0.2) is 0 Å². The average molecular weight is 286 g/mol. The van der Waals surface area contributed by atoms with E-state index in [-0.39, 0.29) is 5.91 Å². The SMILES string of the molecule is CCCN(C(=O)c1cc(C)nn1CC)c1ccccc1N. The molecule has 1 aromatic carbocycles. The van der Waals surface area contributed by atoms with Crippen molar-refractivity contribution in [3.05, 3.63) is 41.7 Å². The maximum atomic E-state index is 12.9. The zero-order chi connectivity index (χ0) is 15.4. The summed E-state index contributed by atoms with van der Waals surface area (Å²) >= 11 is 0. The number of aromatic nitrogens is 2. The van der Waals surface area contributed by atoms with E-state index >= 15 is 0 Å². The number of aryl methyl sites for hydroxylation is 2. The van der Waals surface area contributed by atoms with Crippen LogP contribution in [0.5, 0.6) is 0 Å². The molecular weight excluding hydrogens is 264 g/mol. The van der Waals surface area contributed by atoms with Crippen LogP contribution in [-0.4, -0.2) is 22.2 Å². The zero-order valence-corrected chi connectivity index (χ0v) is 12.8. The predicted molar refractivity (Wildman–Crippen MR) is 85.5 cm³/mol. The van der Waals surface area contributed by atoms with Crippen LogP contribution in [-0.2, 0) is 6.54 Å². The van der Waals surface area contributed by atoms with E-state index in [1.807, 2.05) is 51.1 Å². The first-order valence-electron chi connectivity index (χ1n) is 7.29. The number of hydrogen-bond acceptors (Lipinski definition) is 3. The van der Waals surface area contributed by atoms with Gasteiger partial charge >= 0.3 is 0 Å². The van der Waals surface area contributed by atoms with Gasteiger partial charge in [-0.3, -0.25) is 9.48 Å². The molecule has 1 aromatic heterocycles. The summed E-state index contributed by atoms with van der Waals surface area (Å²) in [5.41, 5.74) is 8.84. The van der Waals surface area contributed by atoms with E-state index < -0.39 is 0 Å². The summed E-state index contributed by atoms with van der Waals surface area (Å²) in [5.74, 6) is -0.0581. The Labute approximate surface area is 125 Å². The quantitative estimate of drug-likeness (QED) is 0.860. The van der Waals surface area contributed by atoms with Gasteiger partial charge in [0.15, 0.2) is 0 Å². The average Bonchev–Trinajstić information content (AvgIpc) is 2.86.